The maximum absolute atomic E-state index is 12.8. The van der Waals surface area contributed by atoms with E-state index in [1.165, 1.54) is 0 Å². The van der Waals surface area contributed by atoms with E-state index in [1.807, 2.05) is 60.0 Å². The van der Waals surface area contributed by atoms with Crippen LogP contribution in [0.25, 0.3) is 10.9 Å². The van der Waals surface area contributed by atoms with Crippen LogP contribution in [-0.4, -0.2) is 41.4 Å². The van der Waals surface area contributed by atoms with Gasteiger partial charge in [-0.15, -0.1) is 0 Å². The summed E-state index contributed by atoms with van der Waals surface area (Å²) in [7, 11) is 1.15. The third-order valence-corrected chi connectivity index (χ3v) is 5.02. The Hall–Kier alpha value is -3.32. The predicted octanol–water partition coefficient (Wildman–Crippen LogP) is 3.67. The molecule has 1 aromatic heterocycles. The number of carbonyl (C=O) groups excluding carboxylic acids is 3. The number of methoxy groups -OCH3 is 1. The summed E-state index contributed by atoms with van der Waals surface area (Å²) in [5, 5.41) is 3.64. The highest BCUT2D eigenvalue weighted by atomic mass is 35.5. The summed E-state index contributed by atoms with van der Waals surface area (Å²) in [6.07, 6.45) is 1.13. The van der Waals surface area contributed by atoms with Crippen LogP contribution in [0.1, 0.15) is 17.5 Å². The number of imide groups is 1. The summed E-state index contributed by atoms with van der Waals surface area (Å²) < 4.78 is 4.40. The summed E-state index contributed by atoms with van der Waals surface area (Å²) in [6.45, 7) is 0.757. The first-order valence-corrected chi connectivity index (χ1v) is 9.79. The number of ether oxygens (including phenoxy) is 1. The zero-order chi connectivity index (χ0) is 21.5. The fourth-order valence-electron chi connectivity index (χ4n) is 3.19. The Labute approximate surface area is 179 Å². The maximum Gasteiger partial charge on any atom is 0.413 e. The lowest BCUT2D eigenvalue weighted by Gasteiger charge is -2.22. The molecule has 0 atom stereocenters. The highest BCUT2D eigenvalue weighted by Gasteiger charge is 2.20. The fraction of sp³-hybridized carbons (Fsp3) is 0.227. The van der Waals surface area contributed by atoms with Crippen molar-refractivity contribution in [3.63, 3.8) is 0 Å². The molecule has 0 bridgehead atoms. The molecule has 156 valence electrons. The molecule has 3 rings (SSSR count). The average Bonchev–Trinajstić information content (AvgIpc) is 3.16. The molecule has 0 aliphatic carbocycles. The molecule has 0 fully saturated rings. The van der Waals surface area contributed by atoms with Crippen LogP contribution in [0.2, 0.25) is 5.02 Å². The Morgan fingerprint density at radius 1 is 1.10 bits per heavy atom. The highest BCUT2D eigenvalue weighted by Crippen LogP contribution is 2.25. The van der Waals surface area contributed by atoms with Crippen molar-refractivity contribution >= 4 is 40.4 Å². The number of benzene rings is 2. The van der Waals surface area contributed by atoms with Crippen LogP contribution in [0.15, 0.2) is 54.7 Å². The van der Waals surface area contributed by atoms with Gasteiger partial charge in [0.2, 0.25) is 11.8 Å². The van der Waals surface area contributed by atoms with Gasteiger partial charge < -0.3 is 14.6 Å². The Balaban J connectivity index is 1.73. The van der Waals surface area contributed by atoms with Crippen molar-refractivity contribution in [2.45, 2.75) is 19.4 Å². The molecular formula is C22H22ClN3O4. The van der Waals surface area contributed by atoms with Crippen LogP contribution >= 0.6 is 11.6 Å². The monoisotopic (exact) mass is 427 g/mol. The normalized spacial score (nSPS) is 10.6. The van der Waals surface area contributed by atoms with E-state index >= 15 is 0 Å². The van der Waals surface area contributed by atoms with Crippen molar-refractivity contribution in [2.75, 3.05) is 13.7 Å². The van der Waals surface area contributed by atoms with Crippen LogP contribution in [0.5, 0.6) is 0 Å². The number of aromatic amines is 1. The molecule has 8 heteroatoms. The van der Waals surface area contributed by atoms with Crippen molar-refractivity contribution in [2.24, 2.45) is 0 Å². The number of amides is 3. The molecule has 7 nitrogen and oxygen atoms in total. The van der Waals surface area contributed by atoms with Gasteiger partial charge in [0, 0.05) is 24.7 Å². The molecule has 0 radical (unpaired) electrons. The lowest BCUT2D eigenvalue weighted by molar-refractivity contribution is -0.136. The van der Waals surface area contributed by atoms with E-state index in [0.717, 1.165) is 29.1 Å². The van der Waals surface area contributed by atoms with Crippen molar-refractivity contribution in [3.05, 3.63) is 70.9 Å². The Bertz CT molecular complexity index is 1050. The molecule has 0 saturated heterocycles. The third-order valence-electron chi connectivity index (χ3n) is 4.71. The van der Waals surface area contributed by atoms with Gasteiger partial charge in [0.1, 0.15) is 6.42 Å². The number of nitrogens with one attached hydrogen (secondary N) is 2. The SMILES string of the molecule is COC(=O)NC(=O)CC(=O)N(CCc1c[nH]c2c(Cl)cccc12)Cc1ccccc1. The van der Waals surface area contributed by atoms with Gasteiger partial charge in [-0.05, 0) is 23.6 Å². The molecule has 0 spiro atoms. The van der Waals surface area contributed by atoms with Crippen molar-refractivity contribution in [3.8, 4) is 0 Å². The largest absolute Gasteiger partial charge is 0.453 e. The summed E-state index contributed by atoms with van der Waals surface area (Å²) in [5.74, 6) is -1.08. The zero-order valence-electron chi connectivity index (χ0n) is 16.5. The first-order valence-electron chi connectivity index (χ1n) is 9.42. The van der Waals surface area contributed by atoms with Gasteiger partial charge in [0.05, 0.1) is 17.6 Å². The standard InChI is InChI=1S/C22H22ClN3O4/c1-30-22(29)25-19(27)12-20(28)26(14-15-6-3-2-4-7-15)11-10-16-13-24-21-17(16)8-5-9-18(21)23/h2-9,13,24H,10-12,14H2,1H3,(H,25,27,29). The van der Waals surface area contributed by atoms with Gasteiger partial charge in [0.25, 0.3) is 0 Å². The number of halogens is 1. The molecular weight excluding hydrogens is 406 g/mol. The van der Waals surface area contributed by atoms with E-state index < -0.39 is 18.4 Å². The van der Waals surface area contributed by atoms with E-state index in [0.29, 0.717) is 24.5 Å². The topological polar surface area (TPSA) is 91.5 Å². The quantitative estimate of drug-likeness (QED) is 0.563. The molecule has 0 aliphatic rings. The lowest BCUT2D eigenvalue weighted by atomic mass is 10.1. The number of H-pyrrole nitrogens is 1. The van der Waals surface area contributed by atoms with Gasteiger partial charge in [-0.3, -0.25) is 14.9 Å². The second kappa shape index (κ2) is 9.93. The summed E-state index contributed by atoms with van der Waals surface area (Å²) in [5.41, 5.74) is 2.83. The number of aromatic nitrogens is 1. The van der Waals surface area contributed by atoms with E-state index in [9.17, 15) is 14.4 Å². The molecule has 3 amide bonds. The molecule has 30 heavy (non-hydrogen) atoms. The van der Waals surface area contributed by atoms with Gasteiger partial charge in [-0.2, -0.15) is 0 Å². The number of fused-ring (bicyclic) bond motifs is 1. The molecule has 2 N–H and O–H groups in total. The number of alkyl carbamates (subject to hydrolysis) is 1. The lowest BCUT2D eigenvalue weighted by Crippen LogP contribution is -2.38. The third kappa shape index (κ3) is 5.39. The summed E-state index contributed by atoms with van der Waals surface area (Å²) in [4.78, 5) is 40.7. The minimum atomic E-state index is -0.891. The fourth-order valence-corrected chi connectivity index (χ4v) is 3.42. The number of para-hydroxylation sites is 1. The first-order chi connectivity index (χ1) is 14.5. The second-order valence-electron chi connectivity index (χ2n) is 6.74. The van der Waals surface area contributed by atoms with Crippen LogP contribution < -0.4 is 5.32 Å². The molecule has 0 aliphatic heterocycles. The van der Waals surface area contributed by atoms with E-state index in [4.69, 9.17) is 11.6 Å². The van der Waals surface area contributed by atoms with E-state index in [1.54, 1.807) is 4.90 Å². The first kappa shape index (κ1) is 21.4. The zero-order valence-corrected chi connectivity index (χ0v) is 17.2. The molecule has 2 aromatic carbocycles. The second-order valence-corrected chi connectivity index (χ2v) is 7.15. The molecule has 0 unspecified atom stereocenters. The minimum absolute atomic E-state index is 0.355. The smallest absolute Gasteiger partial charge is 0.413 e. The van der Waals surface area contributed by atoms with Gasteiger partial charge in [0.15, 0.2) is 0 Å². The number of carbonyl (C=O) groups is 3. The maximum atomic E-state index is 12.8. The number of hydrogen-bond donors (Lipinski definition) is 2. The number of nitrogens with zero attached hydrogens (tertiary/aromatic N) is 1. The number of hydrogen-bond acceptors (Lipinski definition) is 4. The van der Waals surface area contributed by atoms with Crippen LogP contribution in [0.4, 0.5) is 4.79 Å². The van der Waals surface area contributed by atoms with Crippen molar-refractivity contribution < 1.29 is 19.1 Å². The highest BCUT2D eigenvalue weighted by molar-refractivity contribution is 6.35. The van der Waals surface area contributed by atoms with Crippen molar-refractivity contribution in [1.29, 1.82) is 0 Å². The summed E-state index contributed by atoms with van der Waals surface area (Å²) in [6, 6.07) is 15.2. The van der Waals surface area contributed by atoms with Crippen LogP contribution in [0.3, 0.4) is 0 Å². The molecule has 1 heterocycles. The van der Waals surface area contributed by atoms with E-state index in [2.05, 4.69) is 9.72 Å². The van der Waals surface area contributed by atoms with Crippen LogP contribution in [-0.2, 0) is 27.3 Å². The Morgan fingerprint density at radius 2 is 1.87 bits per heavy atom. The molecule has 0 saturated carbocycles. The minimum Gasteiger partial charge on any atom is -0.453 e. The molecule has 3 aromatic rings. The van der Waals surface area contributed by atoms with Crippen LogP contribution in [0, 0.1) is 0 Å². The van der Waals surface area contributed by atoms with Gasteiger partial charge in [-0.1, -0.05) is 54.1 Å². The Kier molecular flexibility index (Phi) is 7.08. The predicted molar refractivity (Wildman–Crippen MR) is 114 cm³/mol. The van der Waals surface area contributed by atoms with Gasteiger partial charge >= 0.3 is 6.09 Å². The average molecular weight is 428 g/mol. The van der Waals surface area contributed by atoms with Crippen molar-refractivity contribution in [1.82, 2.24) is 15.2 Å². The van der Waals surface area contributed by atoms with Gasteiger partial charge in [-0.25, -0.2) is 4.79 Å². The Morgan fingerprint density at radius 3 is 2.60 bits per heavy atom. The summed E-state index contributed by atoms with van der Waals surface area (Å²) >= 11 is 6.22. The number of rotatable bonds is 7. The van der Waals surface area contributed by atoms with E-state index in [-0.39, 0.29) is 5.91 Å².